The topological polar surface area (TPSA) is 76.3 Å². The van der Waals surface area contributed by atoms with Crippen molar-refractivity contribution >= 4 is 21.6 Å². The van der Waals surface area contributed by atoms with Gasteiger partial charge in [0.2, 0.25) is 0 Å². The summed E-state index contributed by atoms with van der Waals surface area (Å²) in [5.74, 6) is -0.0326. The van der Waals surface area contributed by atoms with Crippen molar-refractivity contribution in [3.63, 3.8) is 0 Å². The Hall–Kier alpha value is -1.95. The normalized spacial score (nSPS) is 10.3. The second-order valence-electron chi connectivity index (χ2n) is 3.70. The molecular formula is C12H9BrN2O3. The molecule has 6 heteroatoms. The molecule has 0 bridgehead atoms. The number of nitrogens with zero attached hydrogens (tertiary/aromatic N) is 2. The van der Waals surface area contributed by atoms with Crippen LogP contribution in [0, 0.1) is 17.0 Å². The maximum absolute atomic E-state index is 11.1. The first kappa shape index (κ1) is 12.5. The van der Waals surface area contributed by atoms with Crippen LogP contribution in [0.25, 0.3) is 11.3 Å². The smallest absolute Gasteiger partial charge is 0.299 e. The van der Waals surface area contributed by atoms with Crippen LogP contribution in [-0.4, -0.2) is 15.0 Å². The minimum absolute atomic E-state index is 0.0326. The standard InChI is InChI=1S/C12H9BrN2O3/c1-7-9(13)6-14-11(12(7)15(17)18)8-4-2-3-5-10(8)16/h2-6,16H,1H3. The molecule has 0 saturated heterocycles. The highest BCUT2D eigenvalue weighted by Gasteiger charge is 2.23. The first-order chi connectivity index (χ1) is 8.52. The summed E-state index contributed by atoms with van der Waals surface area (Å²) in [6.45, 7) is 1.63. The summed E-state index contributed by atoms with van der Waals surface area (Å²) in [6.07, 6.45) is 1.49. The van der Waals surface area contributed by atoms with Crippen LogP contribution in [0.15, 0.2) is 34.9 Å². The van der Waals surface area contributed by atoms with Crippen LogP contribution in [0.1, 0.15) is 5.56 Å². The Morgan fingerprint density at radius 3 is 2.67 bits per heavy atom. The van der Waals surface area contributed by atoms with Crippen molar-refractivity contribution in [2.24, 2.45) is 0 Å². The Kier molecular flexibility index (Phi) is 3.29. The molecule has 1 N–H and O–H groups in total. The van der Waals surface area contributed by atoms with E-state index in [4.69, 9.17) is 0 Å². The number of benzene rings is 1. The lowest BCUT2D eigenvalue weighted by Crippen LogP contribution is -1.98. The molecule has 0 amide bonds. The lowest BCUT2D eigenvalue weighted by Gasteiger charge is -2.07. The average Bonchev–Trinajstić information content (AvgIpc) is 2.33. The molecule has 1 heterocycles. The Labute approximate surface area is 111 Å². The molecule has 92 valence electrons. The number of pyridine rings is 1. The summed E-state index contributed by atoms with van der Waals surface area (Å²) in [5, 5.41) is 20.9. The third kappa shape index (κ3) is 2.06. The largest absolute Gasteiger partial charge is 0.507 e. The van der Waals surface area contributed by atoms with E-state index in [0.29, 0.717) is 15.6 Å². The van der Waals surface area contributed by atoms with E-state index in [1.54, 1.807) is 25.1 Å². The van der Waals surface area contributed by atoms with E-state index < -0.39 is 4.92 Å². The lowest BCUT2D eigenvalue weighted by atomic mass is 10.1. The number of hydrogen-bond acceptors (Lipinski definition) is 4. The van der Waals surface area contributed by atoms with E-state index in [1.807, 2.05) is 0 Å². The van der Waals surface area contributed by atoms with Crippen LogP contribution in [0.3, 0.4) is 0 Å². The van der Waals surface area contributed by atoms with E-state index in [9.17, 15) is 15.2 Å². The molecule has 1 aromatic heterocycles. The van der Waals surface area contributed by atoms with Gasteiger partial charge in [-0.2, -0.15) is 0 Å². The zero-order valence-electron chi connectivity index (χ0n) is 9.42. The highest BCUT2D eigenvalue weighted by Crippen LogP contribution is 2.37. The fraction of sp³-hybridized carbons (Fsp3) is 0.0833. The summed E-state index contributed by atoms with van der Waals surface area (Å²) < 4.78 is 0.563. The number of nitro groups is 1. The Balaban J connectivity index is 2.77. The molecule has 0 fully saturated rings. The molecule has 18 heavy (non-hydrogen) atoms. The van der Waals surface area contributed by atoms with Gasteiger partial charge in [0.1, 0.15) is 5.75 Å². The summed E-state index contributed by atoms with van der Waals surface area (Å²) in [4.78, 5) is 14.7. The number of rotatable bonds is 2. The number of halogens is 1. The molecule has 0 saturated carbocycles. The van der Waals surface area contributed by atoms with Gasteiger partial charge in [-0.05, 0) is 35.0 Å². The van der Waals surface area contributed by atoms with Crippen molar-refractivity contribution in [1.29, 1.82) is 0 Å². The van der Waals surface area contributed by atoms with Crippen molar-refractivity contribution < 1.29 is 10.0 Å². The van der Waals surface area contributed by atoms with E-state index in [1.165, 1.54) is 12.3 Å². The molecule has 5 nitrogen and oxygen atoms in total. The second kappa shape index (κ2) is 4.73. The molecule has 0 aliphatic rings. The fourth-order valence-corrected chi connectivity index (χ4v) is 1.95. The number of phenolic OH excluding ortho intramolecular Hbond substituents is 1. The highest BCUT2D eigenvalue weighted by molar-refractivity contribution is 9.10. The number of aromatic nitrogens is 1. The van der Waals surface area contributed by atoms with Gasteiger partial charge < -0.3 is 5.11 Å². The molecule has 0 aliphatic carbocycles. The van der Waals surface area contributed by atoms with Crippen molar-refractivity contribution in [3.8, 4) is 17.0 Å². The van der Waals surface area contributed by atoms with Crippen molar-refractivity contribution in [2.75, 3.05) is 0 Å². The SMILES string of the molecule is Cc1c(Br)cnc(-c2ccccc2O)c1[N+](=O)[O-]. The van der Waals surface area contributed by atoms with E-state index in [0.717, 1.165) is 0 Å². The minimum Gasteiger partial charge on any atom is -0.507 e. The average molecular weight is 309 g/mol. The van der Waals surface area contributed by atoms with Crippen LogP contribution in [0.4, 0.5) is 5.69 Å². The molecule has 0 atom stereocenters. The number of para-hydroxylation sites is 1. The van der Waals surface area contributed by atoms with Gasteiger partial charge >= 0.3 is 0 Å². The van der Waals surface area contributed by atoms with Crippen molar-refractivity contribution in [3.05, 3.63) is 50.6 Å². The van der Waals surface area contributed by atoms with Crippen LogP contribution in [0.2, 0.25) is 0 Å². The van der Waals surface area contributed by atoms with Gasteiger partial charge in [0.25, 0.3) is 5.69 Å². The first-order valence-electron chi connectivity index (χ1n) is 5.10. The zero-order valence-corrected chi connectivity index (χ0v) is 11.0. The number of hydrogen-bond donors (Lipinski definition) is 1. The van der Waals surface area contributed by atoms with Gasteiger partial charge in [-0.15, -0.1) is 0 Å². The number of aromatic hydroxyl groups is 1. The van der Waals surface area contributed by atoms with E-state index in [-0.39, 0.29) is 17.1 Å². The third-order valence-electron chi connectivity index (χ3n) is 2.59. The van der Waals surface area contributed by atoms with E-state index >= 15 is 0 Å². The van der Waals surface area contributed by atoms with Gasteiger partial charge in [0.15, 0.2) is 5.69 Å². The fourth-order valence-electron chi connectivity index (χ4n) is 1.66. The molecule has 0 aliphatic heterocycles. The Bertz CT molecular complexity index is 629. The van der Waals surface area contributed by atoms with Gasteiger partial charge in [0.05, 0.1) is 4.92 Å². The van der Waals surface area contributed by atoms with Gasteiger partial charge in [0, 0.05) is 21.8 Å². The monoisotopic (exact) mass is 308 g/mol. The molecule has 1 aromatic carbocycles. The van der Waals surface area contributed by atoms with E-state index in [2.05, 4.69) is 20.9 Å². The van der Waals surface area contributed by atoms with Gasteiger partial charge in [-0.3, -0.25) is 10.1 Å². The van der Waals surface area contributed by atoms with Gasteiger partial charge in [-0.25, -0.2) is 4.98 Å². The second-order valence-corrected chi connectivity index (χ2v) is 4.56. The van der Waals surface area contributed by atoms with Crippen molar-refractivity contribution in [2.45, 2.75) is 6.92 Å². The number of phenols is 1. The highest BCUT2D eigenvalue weighted by atomic mass is 79.9. The van der Waals surface area contributed by atoms with Crippen LogP contribution < -0.4 is 0 Å². The molecule has 0 spiro atoms. The molecule has 2 rings (SSSR count). The quantitative estimate of drug-likeness (QED) is 0.681. The van der Waals surface area contributed by atoms with Crippen LogP contribution >= 0.6 is 15.9 Å². The predicted octanol–water partition coefficient (Wildman–Crippen LogP) is 3.43. The summed E-state index contributed by atoms with van der Waals surface area (Å²) in [6, 6.07) is 6.41. The molecule has 0 unspecified atom stereocenters. The van der Waals surface area contributed by atoms with Crippen LogP contribution in [0.5, 0.6) is 5.75 Å². The Morgan fingerprint density at radius 2 is 2.06 bits per heavy atom. The summed E-state index contributed by atoms with van der Waals surface area (Å²) in [7, 11) is 0. The Morgan fingerprint density at radius 1 is 1.39 bits per heavy atom. The zero-order chi connectivity index (χ0) is 13.3. The third-order valence-corrected chi connectivity index (χ3v) is 3.39. The molecule has 2 aromatic rings. The van der Waals surface area contributed by atoms with Crippen molar-refractivity contribution in [1.82, 2.24) is 4.98 Å². The summed E-state index contributed by atoms with van der Waals surface area (Å²) in [5.41, 5.74) is 0.887. The summed E-state index contributed by atoms with van der Waals surface area (Å²) >= 11 is 3.21. The maximum Gasteiger partial charge on any atom is 0.299 e. The minimum atomic E-state index is -0.491. The van der Waals surface area contributed by atoms with Gasteiger partial charge in [-0.1, -0.05) is 12.1 Å². The lowest BCUT2D eigenvalue weighted by molar-refractivity contribution is -0.385. The first-order valence-corrected chi connectivity index (χ1v) is 5.89. The predicted molar refractivity (Wildman–Crippen MR) is 70.4 cm³/mol. The maximum atomic E-state index is 11.1. The van der Waals surface area contributed by atoms with Crippen LogP contribution in [-0.2, 0) is 0 Å². The molecular weight excluding hydrogens is 300 g/mol. The molecule has 0 radical (unpaired) electrons.